The first kappa shape index (κ1) is 13.6. The van der Waals surface area contributed by atoms with Gasteiger partial charge in [-0.15, -0.1) is 5.10 Å². The fourth-order valence-electron chi connectivity index (χ4n) is 2.08. The Bertz CT molecular complexity index is 708. The van der Waals surface area contributed by atoms with Crippen LogP contribution in [0.5, 0.6) is 0 Å². The van der Waals surface area contributed by atoms with Gasteiger partial charge in [0.2, 0.25) is 5.91 Å². The molecule has 1 aromatic heterocycles. The number of aromatic nitrogens is 3. The van der Waals surface area contributed by atoms with Crippen LogP contribution >= 0.6 is 0 Å². The van der Waals surface area contributed by atoms with Gasteiger partial charge in [-0.3, -0.25) is 9.59 Å². The van der Waals surface area contributed by atoms with E-state index in [0.717, 1.165) is 0 Å². The topological polar surface area (TPSA) is 113 Å². The Morgan fingerprint density at radius 3 is 3.10 bits per heavy atom. The van der Waals surface area contributed by atoms with Gasteiger partial charge in [-0.05, 0) is 12.1 Å². The molecule has 2 aromatic rings. The summed E-state index contributed by atoms with van der Waals surface area (Å²) in [5.41, 5.74) is 8.57. The summed E-state index contributed by atoms with van der Waals surface area (Å²) in [6, 6.07) is 6.70. The molecule has 9 nitrogen and oxygen atoms in total. The van der Waals surface area contributed by atoms with Crippen molar-refractivity contribution in [2.24, 2.45) is 0 Å². The van der Waals surface area contributed by atoms with E-state index in [1.165, 1.54) is 4.68 Å². The second-order valence-corrected chi connectivity index (χ2v) is 4.63. The molecule has 3 rings (SSSR count). The molecule has 1 fully saturated rings. The smallest absolute Gasteiger partial charge is 0.277 e. The van der Waals surface area contributed by atoms with Gasteiger partial charge >= 0.3 is 0 Å². The summed E-state index contributed by atoms with van der Waals surface area (Å²) in [6.45, 7) is 1.08. The number of hydrazine groups is 2. The molecule has 1 aliphatic rings. The number of nitrogens with zero attached hydrogens (tertiary/aromatic N) is 3. The van der Waals surface area contributed by atoms with Crippen LogP contribution in [-0.2, 0) is 11.3 Å². The molecule has 1 unspecified atom stereocenters. The minimum atomic E-state index is -0.329. The second-order valence-electron chi connectivity index (χ2n) is 4.63. The molecule has 0 bridgehead atoms. The van der Waals surface area contributed by atoms with Crippen molar-refractivity contribution in [3.05, 3.63) is 34.6 Å². The molecule has 21 heavy (non-hydrogen) atoms. The lowest BCUT2D eigenvalue weighted by atomic mass is 10.2. The van der Waals surface area contributed by atoms with Crippen molar-refractivity contribution in [1.82, 2.24) is 36.7 Å². The molecule has 2 heterocycles. The highest BCUT2D eigenvalue weighted by atomic mass is 16.2. The zero-order valence-electron chi connectivity index (χ0n) is 11.2. The van der Waals surface area contributed by atoms with Crippen molar-refractivity contribution in [3.63, 3.8) is 0 Å². The Morgan fingerprint density at radius 1 is 1.43 bits per heavy atom. The lowest BCUT2D eigenvalue weighted by Crippen LogP contribution is -2.45. The molecular weight excluding hydrogens is 274 g/mol. The summed E-state index contributed by atoms with van der Waals surface area (Å²) < 4.78 is 1.25. The van der Waals surface area contributed by atoms with E-state index in [1.54, 1.807) is 24.3 Å². The first-order valence-corrected chi connectivity index (χ1v) is 6.59. The number of fused-ring (bicyclic) bond motifs is 1. The zero-order valence-corrected chi connectivity index (χ0v) is 11.2. The maximum atomic E-state index is 12.2. The molecule has 4 N–H and O–H groups in total. The number of hydrogen-bond donors (Lipinski definition) is 4. The van der Waals surface area contributed by atoms with E-state index in [2.05, 4.69) is 32.0 Å². The number of hydrogen-bond acceptors (Lipinski definition) is 7. The van der Waals surface area contributed by atoms with Gasteiger partial charge in [0.05, 0.1) is 11.9 Å². The quantitative estimate of drug-likeness (QED) is 0.509. The molecule has 1 atom stereocenters. The van der Waals surface area contributed by atoms with Crippen molar-refractivity contribution >= 4 is 16.8 Å². The lowest BCUT2D eigenvalue weighted by molar-refractivity contribution is -0.122. The van der Waals surface area contributed by atoms with Crippen LogP contribution in [0.3, 0.4) is 0 Å². The molecule has 1 saturated heterocycles. The summed E-state index contributed by atoms with van der Waals surface area (Å²) >= 11 is 0. The third-order valence-corrected chi connectivity index (χ3v) is 3.21. The largest absolute Gasteiger partial charge is 0.353 e. The van der Waals surface area contributed by atoms with E-state index in [-0.39, 0.29) is 24.1 Å². The van der Waals surface area contributed by atoms with Gasteiger partial charge in [-0.1, -0.05) is 17.3 Å². The van der Waals surface area contributed by atoms with Crippen LogP contribution in [0.25, 0.3) is 10.9 Å². The number of amides is 1. The summed E-state index contributed by atoms with van der Waals surface area (Å²) in [5.74, 6) is -0.144. The Balaban J connectivity index is 1.64. The molecular formula is C12H15N7O2. The fourth-order valence-corrected chi connectivity index (χ4v) is 2.08. The molecule has 1 amide bonds. The number of carbonyl (C=O) groups is 1. The third-order valence-electron chi connectivity index (χ3n) is 3.21. The Morgan fingerprint density at radius 2 is 2.29 bits per heavy atom. The first-order chi connectivity index (χ1) is 10.3. The SMILES string of the molecule is O=C(NCCn1nnc2ccccc2c1=O)C1CNNN1. The zero-order chi connectivity index (χ0) is 14.7. The lowest BCUT2D eigenvalue weighted by Gasteiger charge is -2.10. The highest BCUT2D eigenvalue weighted by Crippen LogP contribution is 2.02. The highest BCUT2D eigenvalue weighted by Gasteiger charge is 2.21. The first-order valence-electron chi connectivity index (χ1n) is 6.59. The summed E-state index contributed by atoms with van der Waals surface area (Å²) in [6.07, 6.45) is 0. The highest BCUT2D eigenvalue weighted by molar-refractivity contribution is 5.82. The van der Waals surface area contributed by atoms with Crippen molar-refractivity contribution in [2.45, 2.75) is 12.6 Å². The minimum Gasteiger partial charge on any atom is -0.353 e. The second kappa shape index (κ2) is 5.95. The molecule has 1 aromatic carbocycles. The van der Waals surface area contributed by atoms with Crippen LogP contribution in [0.2, 0.25) is 0 Å². The molecule has 1 aliphatic heterocycles. The Kier molecular flexibility index (Phi) is 3.86. The van der Waals surface area contributed by atoms with E-state index in [9.17, 15) is 9.59 Å². The fraction of sp³-hybridized carbons (Fsp3) is 0.333. The van der Waals surface area contributed by atoms with Crippen LogP contribution in [0.15, 0.2) is 29.1 Å². The summed E-state index contributed by atoms with van der Waals surface area (Å²) in [7, 11) is 0. The summed E-state index contributed by atoms with van der Waals surface area (Å²) in [4.78, 5) is 23.9. The summed E-state index contributed by atoms with van der Waals surface area (Å²) in [5, 5.41) is 11.1. The van der Waals surface area contributed by atoms with Gasteiger partial charge in [0, 0.05) is 13.1 Å². The van der Waals surface area contributed by atoms with Crippen molar-refractivity contribution in [2.75, 3.05) is 13.1 Å². The number of carbonyl (C=O) groups excluding carboxylic acids is 1. The average molecular weight is 289 g/mol. The van der Waals surface area contributed by atoms with Crippen LogP contribution in [-0.4, -0.2) is 40.0 Å². The van der Waals surface area contributed by atoms with Crippen LogP contribution in [0.1, 0.15) is 0 Å². The molecule has 0 saturated carbocycles. The minimum absolute atomic E-state index is 0.144. The Hall–Kier alpha value is -2.36. The molecule has 110 valence electrons. The van der Waals surface area contributed by atoms with Gasteiger partial charge in [0.25, 0.3) is 5.56 Å². The van der Waals surface area contributed by atoms with Gasteiger partial charge < -0.3 is 5.32 Å². The van der Waals surface area contributed by atoms with E-state index in [1.807, 2.05) is 0 Å². The number of rotatable bonds is 4. The predicted octanol–water partition coefficient (Wildman–Crippen LogP) is -2.11. The van der Waals surface area contributed by atoms with E-state index in [0.29, 0.717) is 24.0 Å². The van der Waals surface area contributed by atoms with Crippen molar-refractivity contribution in [3.8, 4) is 0 Å². The van der Waals surface area contributed by atoms with Gasteiger partial charge in [-0.25, -0.2) is 15.5 Å². The molecule has 0 spiro atoms. The van der Waals surface area contributed by atoms with Crippen LogP contribution < -0.4 is 27.3 Å². The van der Waals surface area contributed by atoms with E-state index >= 15 is 0 Å². The van der Waals surface area contributed by atoms with Gasteiger partial charge in [0.1, 0.15) is 11.6 Å². The number of nitrogens with one attached hydrogen (secondary N) is 4. The maximum Gasteiger partial charge on any atom is 0.277 e. The maximum absolute atomic E-state index is 12.2. The van der Waals surface area contributed by atoms with Crippen molar-refractivity contribution in [1.29, 1.82) is 0 Å². The molecule has 0 aliphatic carbocycles. The third kappa shape index (κ3) is 2.89. The van der Waals surface area contributed by atoms with E-state index in [4.69, 9.17) is 0 Å². The van der Waals surface area contributed by atoms with Crippen LogP contribution in [0.4, 0.5) is 0 Å². The average Bonchev–Trinajstić information content (AvgIpc) is 3.04. The number of benzene rings is 1. The standard InChI is InChI=1S/C12H15N7O2/c20-11(10-7-14-17-15-10)13-5-6-19-12(21)8-3-1-2-4-9(8)16-18-19/h1-4,10,14-15,17H,5-7H2,(H,13,20). The predicted molar refractivity (Wildman–Crippen MR) is 74.9 cm³/mol. The van der Waals surface area contributed by atoms with Gasteiger partial charge in [0.15, 0.2) is 0 Å². The van der Waals surface area contributed by atoms with Crippen LogP contribution in [0, 0.1) is 0 Å². The van der Waals surface area contributed by atoms with Crippen molar-refractivity contribution < 1.29 is 4.79 Å². The molecule has 0 radical (unpaired) electrons. The monoisotopic (exact) mass is 289 g/mol. The van der Waals surface area contributed by atoms with E-state index < -0.39 is 0 Å². The Labute approximate surface area is 119 Å². The molecule has 9 heteroatoms. The van der Waals surface area contributed by atoms with Gasteiger partial charge in [-0.2, -0.15) is 5.53 Å². The normalized spacial score (nSPS) is 18.0.